The molecule has 0 bridgehead atoms. The molecule has 0 unspecified atom stereocenters. The maximum atomic E-state index is 11.0. The molecule has 1 N–H and O–H groups in total. The van der Waals surface area contributed by atoms with Crippen LogP contribution in [0.5, 0.6) is 5.75 Å². The van der Waals surface area contributed by atoms with Gasteiger partial charge < -0.3 is 10.1 Å². The Bertz CT molecular complexity index is 679. The van der Waals surface area contributed by atoms with Crippen molar-refractivity contribution in [3.63, 3.8) is 0 Å². The maximum absolute atomic E-state index is 11.0. The number of nitro benzene ring substituents is 1. The predicted octanol–water partition coefficient (Wildman–Crippen LogP) is 4.63. The van der Waals surface area contributed by atoms with Gasteiger partial charge in [-0.05, 0) is 34.1 Å². The van der Waals surface area contributed by atoms with Gasteiger partial charge in [-0.25, -0.2) is 0 Å². The summed E-state index contributed by atoms with van der Waals surface area (Å²) in [6.07, 6.45) is 0. The number of methoxy groups -OCH3 is 1. The number of nitro groups is 1. The predicted molar refractivity (Wildman–Crippen MR) is 86.1 cm³/mol. The molecule has 0 aliphatic rings. The van der Waals surface area contributed by atoms with E-state index in [2.05, 4.69) is 21.2 Å². The summed E-state index contributed by atoms with van der Waals surface area (Å²) in [7, 11) is 1.58. The summed E-state index contributed by atoms with van der Waals surface area (Å²) in [5, 5.41) is 14.5. The molecule has 0 aromatic heterocycles. The van der Waals surface area contributed by atoms with Gasteiger partial charge in [0.25, 0.3) is 5.69 Å². The molecule has 7 heteroatoms. The molecule has 5 nitrogen and oxygen atoms in total. The van der Waals surface area contributed by atoms with Crippen molar-refractivity contribution >= 4 is 38.9 Å². The first-order chi connectivity index (χ1) is 10.0. The van der Waals surface area contributed by atoms with E-state index in [1.165, 1.54) is 6.07 Å². The average molecular weight is 372 g/mol. The van der Waals surface area contributed by atoms with E-state index in [1.54, 1.807) is 25.3 Å². The van der Waals surface area contributed by atoms with Gasteiger partial charge in [0.2, 0.25) is 0 Å². The molecule has 110 valence electrons. The molecule has 0 spiro atoms. The Labute approximate surface area is 135 Å². The smallest absolute Gasteiger partial charge is 0.275 e. The first-order valence-corrected chi connectivity index (χ1v) is 7.19. The molecule has 0 fully saturated rings. The Morgan fingerprint density at radius 3 is 2.81 bits per heavy atom. The van der Waals surface area contributed by atoms with Crippen molar-refractivity contribution in [3.8, 4) is 5.75 Å². The standard InChI is InChI=1S/C14H12BrClN2O3/c1-21-9-5-6-11(15)13(7-9)17-8-10-12(16)3-2-4-14(10)18(19)20/h2-7,17H,8H2,1H3. The SMILES string of the molecule is COc1ccc(Br)c(NCc2c(Cl)cccc2[N+](=O)[O-])c1. The topological polar surface area (TPSA) is 64.4 Å². The molecule has 2 aromatic carbocycles. The van der Waals surface area contributed by atoms with Crippen LogP contribution < -0.4 is 10.1 Å². The van der Waals surface area contributed by atoms with Gasteiger partial charge in [-0.2, -0.15) is 0 Å². The molecule has 0 aliphatic heterocycles. The van der Waals surface area contributed by atoms with Crippen LogP contribution in [0.15, 0.2) is 40.9 Å². The Morgan fingerprint density at radius 2 is 2.14 bits per heavy atom. The van der Waals surface area contributed by atoms with E-state index < -0.39 is 4.92 Å². The van der Waals surface area contributed by atoms with Crippen LogP contribution in [0.4, 0.5) is 11.4 Å². The molecule has 0 heterocycles. The second-order valence-corrected chi connectivity index (χ2v) is 5.46. The monoisotopic (exact) mass is 370 g/mol. The average Bonchev–Trinajstić information content (AvgIpc) is 2.47. The molecule has 2 aromatic rings. The van der Waals surface area contributed by atoms with Crippen LogP contribution >= 0.6 is 27.5 Å². The van der Waals surface area contributed by atoms with Crippen molar-refractivity contribution in [2.24, 2.45) is 0 Å². The van der Waals surface area contributed by atoms with Crippen molar-refractivity contribution < 1.29 is 9.66 Å². The number of nitrogens with one attached hydrogen (secondary N) is 1. The summed E-state index contributed by atoms with van der Waals surface area (Å²) in [5.41, 5.74) is 1.21. The second-order valence-electron chi connectivity index (χ2n) is 4.19. The summed E-state index contributed by atoms with van der Waals surface area (Å²) in [6, 6.07) is 10.1. The van der Waals surface area contributed by atoms with Gasteiger partial charge in [-0.1, -0.05) is 17.7 Å². The molecule has 0 atom stereocenters. The summed E-state index contributed by atoms with van der Waals surface area (Å²) in [4.78, 5) is 10.6. The van der Waals surface area contributed by atoms with Gasteiger partial charge in [0.15, 0.2) is 0 Å². The van der Waals surface area contributed by atoms with Gasteiger partial charge in [0, 0.05) is 23.2 Å². The zero-order chi connectivity index (χ0) is 15.4. The fraction of sp³-hybridized carbons (Fsp3) is 0.143. The van der Waals surface area contributed by atoms with Crippen molar-refractivity contribution in [2.75, 3.05) is 12.4 Å². The number of anilines is 1. The van der Waals surface area contributed by atoms with Crippen molar-refractivity contribution in [3.05, 3.63) is 61.6 Å². The number of nitrogens with zero attached hydrogens (tertiary/aromatic N) is 1. The highest BCUT2D eigenvalue weighted by Gasteiger charge is 2.16. The van der Waals surface area contributed by atoms with Crippen molar-refractivity contribution in [1.82, 2.24) is 0 Å². The third-order valence-electron chi connectivity index (χ3n) is 2.92. The molecule has 2 rings (SSSR count). The van der Waals surface area contributed by atoms with Gasteiger partial charge in [-0.15, -0.1) is 0 Å². The first-order valence-electron chi connectivity index (χ1n) is 6.02. The summed E-state index contributed by atoms with van der Waals surface area (Å²) >= 11 is 9.47. The number of hydrogen-bond acceptors (Lipinski definition) is 4. The van der Waals surface area contributed by atoms with Crippen molar-refractivity contribution in [1.29, 1.82) is 0 Å². The van der Waals surface area contributed by atoms with Crippen LogP contribution in [0.2, 0.25) is 5.02 Å². The van der Waals surface area contributed by atoms with E-state index in [0.29, 0.717) is 16.3 Å². The summed E-state index contributed by atoms with van der Waals surface area (Å²) < 4.78 is 5.98. The third kappa shape index (κ3) is 3.65. The minimum Gasteiger partial charge on any atom is -0.497 e. The Balaban J connectivity index is 2.26. The quantitative estimate of drug-likeness (QED) is 0.614. The molecule has 0 amide bonds. The molecule has 0 radical (unpaired) electrons. The van der Waals surface area contributed by atoms with Crippen LogP contribution in [-0.2, 0) is 6.54 Å². The lowest BCUT2D eigenvalue weighted by molar-refractivity contribution is -0.385. The lowest BCUT2D eigenvalue weighted by Crippen LogP contribution is -2.04. The first kappa shape index (κ1) is 15.6. The molecule has 21 heavy (non-hydrogen) atoms. The van der Waals surface area contributed by atoms with Gasteiger partial charge in [0.05, 0.1) is 28.3 Å². The van der Waals surface area contributed by atoms with Crippen LogP contribution in [0.25, 0.3) is 0 Å². The zero-order valence-corrected chi connectivity index (χ0v) is 13.4. The summed E-state index contributed by atoms with van der Waals surface area (Å²) in [6.45, 7) is 0.238. The van der Waals surface area contributed by atoms with Crippen molar-refractivity contribution in [2.45, 2.75) is 6.54 Å². The number of ether oxygens (including phenoxy) is 1. The molecule has 0 aliphatic carbocycles. The molecule has 0 saturated heterocycles. The van der Waals surface area contributed by atoms with E-state index in [-0.39, 0.29) is 12.2 Å². The highest BCUT2D eigenvalue weighted by molar-refractivity contribution is 9.10. The largest absolute Gasteiger partial charge is 0.497 e. The summed E-state index contributed by atoms with van der Waals surface area (Å²) in [5.74, 6) is 0.689. The highest BCUT2D eigenvalue weighted by atomic mass is 79.9. The lowest BCUT2D eigenvalue weighted by Gasteiger charge is -2.11. The van der Waals surface area contributed by atoms with Gasteiger partial charge in [-0.3, -0.25) is 10.1 Å². The minimum absolute atomic E-state index is 0.00554. The molecular weight excluding hydrogens is 360 g/mol. The fourth-order valence-electron chi connectivity index (χ4n) is 1.84. The minimum atomic E-state index is -0.441. The molecule has 0 saturated carbocycles. The number of benzene rings is 2. The van der Waals surface area contributed by atoms with Crippen LogP contribution in [0.3, 0.4) is 0 Å². The van der Waals surface area contributed by atoms with Crippen LogP contribution in [-0.4, -0.2) is 12.0 Å². The Kier molecular flexibility index (Phi) is 5.03. The lowest BCUT2D eigenvalue weighted by atomic mass is 10.1. The van der Waals surface area contributed by atoms with Crippen LogP contribution in [0.1, 0.15) is 5.56 Å². The maximum Gasteiger partial charge on any atom is 0.275 e. The molecular formula is C14H12BrClN2O3. The third-order valence-corrected chi connectivity index (χ3v) is 3.97. The number of hydrogen-bond donors (Lipinski definition) is 1. The second kappa shape index (κ2) is 6.78. The zero-order valence-electron chi connectivity index (χ0n) is 11.1. The van der Waals surface area contributed by atoms with E-state index in [1.807, 2.05) is 12.1 Å². The van der Waals surface area contributed by atoms with Gasteiger partial charge in [0.1, 0.15) is 5.75 Å². The Hall–Kier alpha value is -1.79. The number of halogens is 2. The van der Waals surface area contributed by atoms with Gasteiger partial charge >= 0.3 is 0 Å². The van der Waals surface area contributed by atoms with E-state index in [4.69, 9.17) is 16.3 Å². The van der Waals surface area contributed by atoms with E-state index in [9.17, 15) is 10.1 Å². The van der Waals surface area contributed by atoms with Crippen LogP contribution in [0, 0.1) is 10.1 Å². The number of rotatable bonds is 5. The Morgan fingerprint density at radius 1 is 1.38 bits per heavy atom. The van der Waals surface area contributed by atoms with E-state index in [0.717, 1.165) is 10.2 Å². The fourth-order valence-corrected chi connectivity index (χ4v) is 2.47. The normalized spacial score (nSPS) is 10.2. The van der Waals surface area contributed by atoms with E-state index >= 15 is 0 Å². The highest BCUT2D eigenvalue weighted by Crippen LogP contribution is 2.30.